The molecule has 0 radical (unpaired) electrons. The summed E-state index contributed by atoms with van der Waals surface area (Å²) in [6.45, 7) is 4.35. The first-order valence-corrected chi connectivity index (χ1v) is 6.98. The van der Waals surface area contributed by atoms with E-state index < -0.39 is 17.5 Å². The predicted octanol–water partition coefficient (Wildman–Crippen LogP) is 2.51. The standard InChI is InChI=1S/C15H17F2N3O2/c1-3-20-9-11(15(19-20)22-4-2)14(21)18-8-10-12(16)6-5-7-13(10)17/h5-7,9H,3-4,8H2,1-2H3,(H,18,21). The maximum Gasteiger partial charge on any atom is 0.258 e. The number of rotatable bonds is 6. The van der Waals surface area contributed by atoms with Gasteiger partial charge in [-0.05, 0) is 26.0 Å². The van der Waals surface area contributed by atoms with E-state index in [1.165, 1.54) is 12.3 Å². The van der Waals surface area contributed by atoms with E-state index >= 15 is 0 Å². The molecular weight excluding hydrogens is 292 g/mol. The third-order valence-corrected chi connectivity index (χ3v) is 3.06. The van der Waals surface area contributed by atoms with Gasteiger partial charge in [-0.15, -0.1) is 5.10 Å². The minimum atomic E-state index is -0.699. The molecule has 0 unspecified atom stereocenters. The van der Waals surface area contributed by atoms with Gasteiger partial charge in [0.2, 0.25) is 5.88 Å². The topological polar surface area (TPSA) is 56.2 Å². The van der Waals surface area contributed by atoms with Crippen LogP contribution < -0.4 is 10.1 Å². The summed E-state index contributed by atoms with van der Waals surface area (Å²) in [5.41, 5.74) is 0.0529. The third kappa shape index (κ3) is 3.41. The molecule has 0 saturated heterocycles. The summed E-state index contributed by atoms with van der Waals surface area (Å²) in [7, 11) is 0. The first-order valence-electron chi connectivity index (χ1n) is 6.98. The Morgan fingerprint density at radius 3 is 2.59 bits per heavy atom. The van der Waals surface area contributed by atoms with E-state index in [2.05, 4.69) is 10.4 Å². The molecule has 1 aromatic heterocycles. The van der Waals surface area contributed by atoms with Crippen LogP contribution in [0.4, 0.5) is 8.78 Å². The molecule has 2 rings (SSSR count). The Morgan fingerprint density at radius 2 is 2.00 bits per heavy atom. The average molecular weight is 309 g/mol. The number of amides is 1. The minimum absolute atomic E-state index is 0.184. The summed E-state index contributed by atoms with van der Waals surface area (Å²) in [5.74, 6) is -1.69. The number of aromatic nitrogens is 2. The molecule has 0 bridgehead atoms. The number of nitrogens with one attached hydrogen (secondary N) is 1. The molecule has 0 atom stereocenters. The number of nitrogens with zero attached hydrogens (tertiary/aromatic N) is 2. The van der Waals surface area contributed by atoms with Crippen molar-refractivity contribution in [3.05, 3.63) is 47.2 Å². The maximum atomic E-state index is 13.5. The lowest BCUT2D eigenvalue weighted by Gasteiger charge is -2.07. The summed E-state index contributed by atoms with van der Waals surface area (Å²) in [4.78, 5) is 12.2. The fourth-order valence-electron chi connectivity index (χ4n) is 1.93. The SMILES string of the molecule is CCOc1nn(CC)cc1C(=O)NCc1c(F)cccc1F. The van der Waals surface area contributed by atoms with E-state index in [-0.39, 0.29) is 23.6 Å². The Kier molecular flexibility index (Phi) is 5.08. The predicted molar refractivity (Wildman–Crippen MR) is 76.6 cm³/mol. The smallest absolute Gasteiger partial charge is 0.258 e. The lowest BCUT2D eigenvalue weighted by Crippen LogP contribution is -2.24. The van der Waals surface area contributed by atoms with Gasteiger partial charge in [0.15, 0.2) is 0 Å². The van der Waals surface area contributed by atoms with Gasteiger partial charge < -0.3 is 10.1 Å². The van der Waals surface area contributed by atoms with Gasteiger partial charge in [-0.1, -0.05) is 6.07 Å². The van der Waals surface area contributed by atoms with E-state index in [0.717, 1.165) is 12.1 Å². The van der Waals surface area contributed by atoms with Crippen LogP contribution >= 0.6 is 0 Å². The molecule has 1 amide bonds. The second kappa shape index (κ2) is 7.02. The van der Waals surface area contributed by atoms with Crippen LogP contribution in [0.5, 0.6) is 5.88 Å². The quantitative estimate of drug-likeness (QED) is 0.892. The van der Waals surface area contributed by atoms with Crippen molar-refractivity contribution in [2.75, 3.05) is 6.61 Å². The van der Waals surface area contributed by atoms with Gasteiger partial charge in [0.05, 0.1) is 6.61 Å². The molecule has 1 aromatic carbocycles. The van der Waals surface area contributed by atoms with Crippen LogP contribution in [0.1, 0.15) is 29.8 Å². The Labute approximate surface area is 126 Å². The molecule has 0 spiro atoms. The fourth-order valence-corrected chi connectivity index (χ4v) is 1.93. The molecular formula is C15H17F2N3O2. The molecule has 0 aliphatic carbocycles. The Bertz CT molecular complexity index is 651. The van der Waals surface area contributed by atoms with E-state index in [4.69, 9.17) is 4.74 Å². The number of halogens is 2. The van der Waals surface area contributed by atoms with Crippen molar-refractivity contribution in [1.29, 1.82) is 0 Å². The summed E-state index contributed by atoms with van der Waals surface area (Å²) < 4.78 is 33.9. The van der Waals surface area contributed by atoms with Crippen LogP contribution in [0.15, 0.2) is 24.4 Å². The molecule has 0 fully saturated rings. The Balaban J connectivity index is 2.14. The molecule has 22 heavy (non-hydrogen) atoms. The monoisotopic (exact) mass is 309 g/mol. The molecule has 5 nitrogen and oxygen atoms in total. The summed E-state index contributed by atoms with van der Waals surface area (Å²) in [6.07, 6.45) is 1.54. The van der Waals surface area contributed by atoms with Gasteiger partial charge in [0, 0.05) is 24.8 Å². The van der Waals surface area contributed by atoms with E-state index in [9.17, 15) is 13.6 Å². The van der Waals surface area contributed by atoms with Crippen LogP contribution in [0.25, 0.3) is 0 Å². The normalized spacial score (nSPS) is 10.5. The van der Waals surface area contributed by atoms with Gasteiger partial charge in [-0.3, -0.25) is 9.48 Å². The lowest BCUT2D eigenvalue weighted by molar-refractivity contribution is 0.0946. The first kappa shape index (κ1) is 15.9. The number of benzene rings is 1. The number of carbonyl (C=O) groups is 1. The Morgan fingerprint density at radius 1 is 1.32 bits per heavy atom. The van der Waals surface area contributed by atoms with Gasteiger partial charge in [-0.25, -0.2) is 8.78 Å². The highest BCUT2D eigenvalue weighted by Gasteiger charge is 2.18. The van der Waals surface area contributed by atoms with Crippen molar-refractivity contribution in [2.24, 2.45) is 0 Å². The van der Waals surface area contributed by atoms with Gasteiger partial charge in [0.1, 0.15) is 17.2 Å². The number of hydrogen-bond donors (Lipinski definition) is 1. The highest BCUT2D eigenvalue weighted by atomic mass is 19.1. The molecule has 0 saturated carbocycles. The minimum Gasteiger partial charge on any atom is -0.476 e. The summed E-state index contributed by atoms with van der Waals surface area (Å²) >= 11 is 0. The van der Waals surface area contributed by atoms with Crippen molar-refractivity contribution >= 4 is 5.91 Å². The van der Waals surface area contributed by atoms with Crippen molar-refractivity contribution in [3.8, 4) is 5.88 Å². The second-order valence-electron chi connectivity index (χ2n) is 4.52. The summed E-state index contributed by atoms with van der Waals surface area (Å²) in [6, 6.07) is 3.56. The fraction of sp³-hybridized carbons (Fsp3) is 0.333. The zero-order chi connectivity index (χ0) is 16.1. The van der Waals surface area contributed by atoms with Crippen LogP contribution in [0, 0.1) is 11.6 Å². The van der Waals surface area contributed by atoms with E-state index in [1.54, 1.807) is 11.6 Å². The number of aryl methyl sites for hydroxylation is 1. The number of ether oxygens (including phenoxy) is 1. The molecule has 0 aliphatic heterocycles. The third-order valence-electron chi connectivity index (χ3n) is 3.06. The van der Waals surface area contributed by atoms with Crippen molar-refractivity contribution in [3.63, 3.8) is 0 Å². The van der Waals surface area contributed by atoms with Crippen LogP contribution in [-0.4, -0.2) is 22.3 Å². The molecule has 1 heterocycles. The summed E-state index contributed by atoms with van der Waals surface area (Å²) in [5, 5.41) is 6.60. The lowest BCUT2D eigenvalue weighted by atomic mass is 10.2. The van der Waals surface area contributed by atoms with Gasteiger partial charge in [-0.2, -0.15) is 0 Å². The zero-order valence-corrected chi connectivity index (χ0v) is 12.4. The highest BCUT2D eigenvalue weighted by Crippen LogP contribution is 2.17. The first-order chi connectivity index (χ1) is 10.6. The average Bonchev–Trinajstić information content (AvgIpc) is 2.90. The van der Waals surface area contributed by atoms with Crippen molar-refractivity contribution in [2.45, 2.75) is 26.9 Å². The van der Waals surface area contributed by atoms with Crippen LogP contribution in [-0.2, 0) is 13.1 Å². The molecule has 0 aliphatic rings. The molecule has 2 aromatic rings. The maximum absolute atomic E-state index is 13.5. The van der Waals surface area contributed by atoms with Crippen LogP contribution in [0.3, 0.4) is 0 Å². The van der Waals surface area contributed by atoms with Crippen molar-refractivity contribution in [1.82, 2.24) is 15.1 Å². The second-order valence-corrected chi connectivity index (χ2v) is 4.52. The van der Waals surface area contributed by atoms with E-state index in [0.29, 0.717) is 13.2 Å². The molecule has 118 valence electrons. The Hall–Kier alpha value is -2.44. The van der Waals surface area contributed by atoms with Gasteiger partial charge in [0.25, 0.3) is 5.91 Å². The van der Waals surface area contributed by atoms with Crippen molar-refractivity contribution < 1.29 is 18.3 Å². The van der Waals surface area contributed by atoms with Gasteiger partial charge >= 0.3 is 0 Å². The zero-order valence-electron chi connectivity index (χ0n) is 12.4. The van der Waals surface area contributed by atoms with E-state index in [1.807, 2.05) is 6.92 Å². The number of hydrogen-bond acceptors (Lipinski definition) is 3. The molecule has 7 heteroatoms. The molecule has 1 N–H and O–H groups in total. The van der Waals surface area contributed by atoms with Crippen LogP contribution in [0.2, 0.25) is 0 Å². The largest absolute Gasteiger partial charge is 0.476 e. The number of carbonyl (C=O) groups excluding carboxylic acids is 1. The highest BCUT2D eigenvalue weighted by molar-refractivity contribution is 5.96.